The molecule has 3 rings (SSSR count). The minimum absolute atomic E-state index is 0.389. The van der Waals surface area contributed by atoms with Gasteiger partial charge in [0.15, 0.2) is 5.78 Å². The third-order valence-corrected chi connectivity index (χ3v) is 3.91. The van der Waals surface area contributed by atoms with Gasteiger partial charge in [-0.3, -0.25) is 19.3 Å². The molecular formula is C16H16N2O5. The first kappa shape index (κ1) is 15.2. The molecule has 1 aromatic rings. The van der Waals surface area contributed by atoms with Crippen LogP contribution in [0.15, 0.2) is 18.2 Å². The van der Waals surface area contributed by atoms with Gasteiger partial charge in [0.2, 0.25) is 0 Å². The van der Waals surface area contributed by atoms with E-state index in [1.165, 1.54) is 0 Å². The number of nitrogens with zero attached hydrogens (tertiary/aromatic N) is 2. The maximum Gasteiger partial charge on any atom is 0.334 e. The predicted octanol–water partition coefficient (Wildman–Crippen LogP) is 1.00. The molecule has 0 N–H and O–H groups in total. The van der Waals surface area contributed by atoms with Gasteiger partial charge >= 0.3 is 17.8 Å². The van der Waals surface area contributed by atoms with E-state index in [2.05, 4.69) is 0 Å². The van der Waals surface area contributed by atoms with Crippen molar-refractivity contribution in [3.05, 3.63) is 29.3 Å². The minimum Gasteiger partial charge on any atom is -0.493 e. The van der Waals surface area contributed by atoms with E-state index in [0.717, 1.165) is 22.6 Å². The number of imide groups is 2. The topological polar surface area (TPSA) is 84.0 Å². The van der Waals surface area contributed by atoms with E-state index in [9.17, 15) is 19.2 Å². The van der Waals surface area contributed by atoms with Gasteiger partial charge in [-0.15, -0.1) is 0 Å². The molecule has 2 aliphatic rings. The molecule has 23 heavy (non-hydrogen) atoms. The van der Waals surface area contributed by atoms with Crippen LogP contribution in [0.4, 0.5) is 4.79 Å². The zero-order valence-electron chi connectivity index (χ0n) is 12.9. The highest BCUT2D eigenvalue weighted by molar-refractivity contribution is 6.45. The Labute approximate surface area is 132 Å². The average Bonchev–Trinajstić information content (AvgIpc) is 3.05. The third-order valence-electron chi connectivity index (χ3n) is 3.91. The molecule has 7 nitrogen and oxygen atoms in total. The van der Waals surface area contributed by atoms with E-state index < -0.39 is 30.4 Å². The standard InChI is InChI=1S/C16H16N2O5/c1-9(2)18-15(21)14(20)17(16(18)22)8-12(19)10-3-4-13-11(7-10)5-6-23-13/h3-4,7,9H,5-6,8H2,1-2H3. The first-order chi connectivity index (χ1) is 10.9. The molecule has 0 spiro atoms. The third kappa shape index (κ3) is 2.48. The van der Waals surface area contributed by atoms with Crippen LogP contribution in [0.5, 0.6) is 5.75 Å². The molecule has 2 heterocycles. The first-order valence-corrected chi connectivity index (χ1v) is 7.38. The van der Waals surface area contributed by atoms with E-state index in [4.69, 9.17) is 4.74 Å². The summed E-state index contributed by atoms with van der Waals surface area (Å²) < 4.78 is 5.37. The van der Waals surface area contributed by atoms with Gasteiger partial charge in [0.05, 0.1) is 13.2 Å². The Morgan fingerprint density at radius 3 is 2.61 bits per heavy atom. The largest absolute Gasteiger partial charge is 0.493 e. The molecule has 0 atom stereocenters. The van der Waals surface area contributed by atoms with Crippen molar-refractivity contribution in [3.8, 4) is 5.75 Å². The van der Waals surface area contributed by atoms with Crippen LogP contribution in [0.25, 0.3) is 0 Å². The quantitative estimate of drug-likeness (QED) is 0.470. The normalized spacial score (nSPS) is 17.1. The van der Waals surface area contributed by atoms with Crippen molar-refractivity contribution in [2.24, 2.45) is 0 Å². The number of rotatable bonds is 4. The maximum atomic E-state index is 12.4. The molecule has 0 unspecified atom stereocenters. The first-order valence-electron chi connectivity index (χ1n) is 7.38. The van der Waals surface area contributed by atoms with E-state index in [0.29, 0.717) is 17.1 Å². The second-order valence-corrected chi connectivity index (χ2v) is 5.79. The molecule has 0 bridgehead atoms. The van der Waals surface area contributed by atoms with Crippen LogP contribution in [-0.2, 0) is 16.0 Å². The Morgan fingerprint density at radius 2 is 1.96 bits per heavy atom. The second-order valence-electron chi connectivity index (χ2n) is 5.79. The Hall–Kier alpha value is -2.70. The number of amides is 4. The highest BCUT2D eigenvalue weighted by Gasteiger charge is 2.46. The monoisotopic (exact) mass is 316 g/mol. The summed E-state index contributed by atoms with van der Waals surface area (Å²) in [6.45, 7) is 3.41. The molecule has 120 valence electrons. The number of hydrogen-bond donors (Lipinski definition) is 0. The Balaban J connectivity index is 1.79. The number of carbonyl (C=O) groups is 4. The second kappa shape index (κ2) is 5.49. The molecule has 7 heteroatoms. The Kier molecular flexibility index (Phi) is 3.63. The summed E-state index contributed by atoms with van der Waals surface area (Å²) in [6.07, 6.45) is 0.720. The molecule has 0 radical (unpaired) electrons. The number of carbonyl (C=O) groups excluding carboxylic acids is 4. The van der Waals surface area contributed by atoms with Crippen molar-refractivity contribution >= 4 is 23.6 Å². The maximum absolute atomic E-state index is 12.4. The van der Waals surface area contributed by atoms with Crippen LogP contribution in [0.1, 0.15) is 29.8 Å². The molecule has 1 fully saturated rings. The fraction of sp³-hybridized carbons (Fsp3) is 0.375. The van der Waals surface area contributed by atoms with Crippen molar-refractivity contribution in [2.75, 3.05) is 13.2 Å². The van der Waals surface area contributed by atoms with Crippen molar-refractivity contribution in [1.29, 1.82) is 0 Å². The van der Waals surface area contributed by atoms with Gasteiger partial charge in [0.25, 0.3) is 0 Å². The van der Waals surface area contributed by atoms with Crippen molar-refractivity contribution in [2.45, 2.75) is 26.3 Å². The summed E-state index contributed by atoms with van der Waals surface area (Å²) in [7, 11) is 0. The zero-order chi connectivity index (χ0) is 16.7. The molecule has 0 aliphatic carbocycles. The fourth-order valence-corrected chi connectivity index (χ4v) is 2.71. The number of benzene rings is 1. The van der Waals surface area contributed by atoms with Gasteiger partial charge in [0, 0.05) is 18.0 Å². The highest BCUT2D eigenvalue weighted by Crippen LogP contribution is 2.26. The zero-order valence-corrected chi connectivity index (χ0v) is 12.9. The van der Waals surface area contributed by atoms with Crippen LogP contribution in [-0.4, -0.2) is 52.6 Å². The summed E-state index contributed by atoms with van der Waals surface area (Å²) in [6, 6.07) is 3.83. The molecule has 4 amide bonds. The smallest absolute Gasteiger partial charge is 0.334 e. The fourth-order valence-electron chi connectivity index (χ4n) is 2.71. The number of hydrogen-bond acceptors (Lipinski definition) is 5. The SMILES string of the molecule is CC(C)N1C(=O)C(=O)N(CC(=O)c2ccc3c(c2)CCO3)C1=O. The summed E-state index contributed by atoms with van der Waals surface area (Å²) in [5, 5.41) is 0. The molecule has 0 aromatic heterocycles. The van der Waals surface area contributed by atoms with E-state index in [1.54, 1.807) is 32.0 Å². The van der Waals surface area contributed by atoms with E-state index in [1.807, 2.05) is 0 Å². The molecular weight excluding hydrogens is 300 g/mol. The molecule has 1 aromatic carbocycles. The number of fused-ring (bicyclic) bond motifs is 1. The van der Waals surface area contributed by atoms with Crippen LogP contribution >= 0.6 is 0 Å². The number of urea groups is 1. The predicted molar refractivity (Wildman–Crippen MR) is 79.1 cm³/mol. The highest BCUT2D eigenvalue weighted by atomic mass is 16.5. The summed E-state index contributed by atoms with van der Waals surface area (Å²) in [5.74, 6) is -1.49. The van der Waals surface area contributed by atoms with Crippen molar-refractivity contribution in [1.82, 2.24) is 9.80 Å². The van der Waals surface area contributed by atoms with Crippen LogP contribution in [0.3, 0.4) is 0 Å². The lowest BCUT2D eigenvalue weighted by Crippen LogP contribution is -2.39. The minimum atomic E-state index is -0.957. The Bertz CT molecular complexity index is 725. The molecule has 0 saturated carbocycles. The van der Waals surface area contributed by atoms with E-state index >= 15 is 0 Å². The van der Waals surface area contributed by atoms with Gasteiger partial charge in [-0.1, -0.05) is 0 Å². The van der Waals surface area contributed by atoms with Gasteiger partial charge in [-0.2, -0.15) is 0 Å². The van der Waals surface area contributed by atoms with Gasteiger partial charge in [0.1, 0.15) is 5.75 Å². The number of Topliss-reactive ketones (excluding diaryl/α,β-unsaturated/α-hetero) is 1. The summed E-state index contributed by atoms with van der Waals surface area (Å²) in [5.41, 5.74) is 1.32. The van der Waals surface area contributed by atoms with Crippen molar-refractivity contribution in [3.63, 3.8) is 0 Å². The van der Waals surface area contributed by atoms with Crippen molar-refractivity contribution < 1.29 is 23.9 Å². The molecule has 2 aliphatic heterocycles. The van der Waals surface area contributed by atoms with E-state index in [-0.39, 0.29) is 5.78 Å². The van der Waals surface area contributed by atoms with Gasteiger partial charge in [-0.05, 0) is 37.6 Å². The van der Waals surface area contributed by atoms with Gasteiger partial charge < -0.3 is 4.74 Å². The van der Waals surface area contributed by atoms with Crippen LogP contribution in [0.2, 0.25) is 0 Å². The lowest BCUT2D eigenvalue weighted by molar-refractivity contribution is -0.143. The molecule has 1 saturated heterocycles. The Morgan fingerprint density at radius 1 is 1.22 bits per heavy atom. The van der Waals surface area contributed by atoms with Gasteiger partial charge in [-0.25, -0.2) is 9.69 Å². The van der Waals surface area contributed by atoms with Crippen LogP contribution in [0, 0.1) is 0 Å². The summed E-state index contributed by atoms with van der Waals surface area (Å²) >= 11 is 0. The lowest BCUT2D eigenvalue weighted by atomic mass is 10.1. The number of ketones is 1. The number of ether oxygens (including phenoxy) is 1. The summed E-state index contributed by atoms with van der Waals surface area (Å²) in [4.78, 5) is 49.8. The average molecular weight is 316 g/mol. The van der Waals surface area contributed by atoms with Crippen LogP contribution < -0.4 is 4.74 Å². The lowest BCUT2D eigenvalue weighted by Gasteiger charge is -2.18.